The maximum Gasteiger partial charge on any atom is 0.261 e. The fourth-order valence-electron chi connectivity index (χ4n) is 5.26. The molecule has 0 aliphatic heterocycles. The second kappa shape index (κ2) is 13.3. The molecule has 1 fully saturated rings. The summed E-state index contributed by atoms with van der Waals surface area (Å²) in [7, 11) is 0. The van der Waals surface area contributed by atoms with Gasteiger partial charge in [0.25, 0.3) is 5.91 Å². The molecule has 2 amide bonds. The molecule has 0 aromatic heterocycles. The summed E-state index contributed by atoms with van der Waals surface area (Å²) in [4.78, 5) is 29.4. The standard InChI is InChI=1S/C33H32BrClN2O3/c34-32-28-13-7-4-10-25(28)16-19-30(32)40-22-31(38)37(21-24-14-17-26(35)18-15-24)29(20-23-8-2-1-3-9-23)33(39)36-27-11-5-6-12-27/h1-4,7-10,13-19,27,29H,5-6,11-12,20-22H2,(H,36,39)/t29-/m1/s1. The normalized spacial score (nSPS) is 14.2. The summed E-state index contributed by atoms with van der Waals surface area (Å²) in [6.07, 6.45) is 4.55. The third-order valence-electron chi connectivity index (χ3n) is 7.42. The number of fused-ring (bicyclic) bond motifs is 1. The highest BCUT2D eigenvalue weighted by Crippen LogP contribution is 2.33. The van der Waals surface area contributed by atoms with Crippen LogP contribution in [0.2, 0.25) is 5.02 Å². The first kappa shape index (κ1) is 28.2. The smallest absolute Gasteiger partial charge is 0.261 e. The van der Waals surface area contributed by atoms with Crippen molar-refractivity contribution >= 4 is 50.1 Å². The van der Waals surface area contributed by atoms with Crippen molar-refractivity contribution in [1.29, 1.82) is 0 Å². The van der Waals surface area contributed by atoms with Crippen LogP contribution in [0.4, 0.5) is 0 Å². The van der Waals surface area contributed by atoms with E-state index in [9.17, 15) is 9.59 Å². The van der Waals surface area contributed by atoms with Gasteiger partial charge in [0.15, 0.2) is 6.61 Å². The van der Waals surface area contributed by atoms with E-state index < -0.39 is 6.04 Å². The Balaban J connectivity index is 1.43. The molecule has 4 aromatic carbocycles. The number of rotatable bonds is 10. The number of benzene rings is 4. The van der Waals surface area contributed by atoms with Crippen LogP contribution in [0, 0.1) is 0 Å². The Hall–Kier alpha value is -3.35. The van der Waals surface area contributed by atoms with Gasteiger partial charge in [0.2, 0.25) is 5.91 Å². The molecule has 40 heavy (non-hydrogen) atoms. The van der Waals surface area contributed by atoms with Gasteiger partial charge >= 0.3 is 0 Å². The molecule has 4 aromatic rings. The molecule has 1 saturated carbocycles. The van der Waals surface area contributed by atoms with E-state index in [2.05, 4.69) is 21.2 Å². The lowest BCUT2D eigenvalue weighted by Crippen LogP contribution is -2.53. The van der Waals surface area contributed by atoms with Gasteiger partial charge in [0.05, 0.1) is 4.47 Å². The minimum atomic E-state index is -0.699. The van der Waals surface area contributed by atoms with Gasteiger partial charge in [0, 0.05) is 24.0 Å². The van der Waals surface area contributed by atoms with Crippen LogP contribution in [0.5, 0.6) is 5.75 Å². The fourth-order valence-corrected chi connectivity index (χ4v) is 5.99. The van der Waals surface area contributed by atoms with Gasteiger partial charge in [-0.05, 0) is 68.9 Å². The molecule has 0 heterocycles. The summed E-state index contributed by atoms with van der Waals surface area (Å²) in [6, 6.07) is 28.5. The highest BCUT2D eigenvalue weighted by atomic mass is 79.9. The van der Waals surface area contributed by atoms with Gasteiger partial charge in [-0.3, -0.25) is 9.59 Å². The summed E-state index contributed by atoms with van der Waals surface area (Å²) in [5.41, 5.74) is 1.87. The first-order valence-electron chi connectivity index (χ1n) is 13.7. The molecular formula is C33H32BrClN2O3. The Labute approximate surface area is 248 Å². The number of carbonyl (C=O) groups is 2. The van der Waals surface area contributed by atoms with E-state index in [-0.39, 0.29) is 31.0 Å². The molecule has 0 saturated heterocycles. The van der Waals surface area contributed by atoms with Crippen LogP contribution in [0.25, 0.3) is 10.8 Å². The van der Waals surface area contributed by atoms with E-state index in [0.717, 1.165) is 52.1 Å². The van der Waals surface area contributed by atoms with E-state index in [0.29, 0.717) is 17.2 Å². The zero-order chi connectivity index (χ0) is 27.9. The van der Waals surface area contributed by atoms with Crippen LogP contribution < -0.4 is 10.1 Å². The van der Waals surface area contributed by atoms with Crippen molar-refractivity contribution in [3.63, 3.8) is 0 Å². The maximum absolute atomic E-state index is 13.9. The van der Waals surface area contributed by atoms with E-state index in [1.54, 1.807) is 17.0 Å². The molecule has 5 nitrogen and oxygen atoms in total. The minimum absolute atomic E-state index is 0.134. The SMILES string of the molecule is O=C(NC1CCCC1)[C@@H](Cc1ccccc1)N(Cc1ccc(Cl)cc1)C(=O)COc1ccc2ccccc2c1Br. The van der Waals surface area contributed by atoms with Crippen LogP contribution in [0.3, 0.4) is 0 Å². The summed E-state index contributed by atoms with van der Waals surface area (Å²) in [5.74, 6) is 0.177. The maximum atomic E-state index is 13.9. The average Bonchev–Trinajstić information content (AvgIpc) is 3.49. The van der Waals surface area contributed by atoms with E-state index >= 15 is 0 Å². The lowest BCUT2D eigenvalue weighted by Gasteiger charge is -2.32. The molecule has 0 radical (unpaired) electrons. The molecule has 0 bridgehead atoms. The third-order valence-corrected chi connectivity index (χ3v) is 8.49. The average molecular weight is 620 g/mol. The van der Waals surface area contributed by atoms with Gasteiger partial charge in [-0.1, -0.05) is 97.2 Å². The second-order valence-corrected chi connectivity index (χ2v) is 11.5. The minimum Gasteiger partial charge on any atom is -0.483 e. The van der Waals surface area contributed by atoms with Gasteiger partial charge in [-0.2, -0.15) is 0 Å². The van der Waals surface area contributed by atoms with E-state index in [1.165, 1.54) is 0 Å². The molecule has 1 atom stereocenters. The van der Waals surface area contributed by atoms with Crippen molar-refractivity contribution < 1.29 is 14.3 Å². The number of hydrogen-bond acceptors (Lipinski definition) is 3. The van der Waals surface area contributed by atoms with E-state index in [1.807, 2.05) is 78.9 Å². The first-order valence-corrected chi connectivity index (χ1v) is 14.8. The Morgan fingerprint density at radius 2 is 1.60 bits per heavy atom. The monoisotopic (exact) mass is 618 g/mol. The van der Waals surface area contributed by atoms with E-state index in [4.69, 9.17) is 16.3 Å². The lowest BCUT2D eigenvalue weighted by atomic mass is 10.0. The molecule has 206 valence electrons. The van der Waals surface area contributed by atoms with Crippen molar-refractivity contribution in [3.8, 4) is 5.75 Å². The Bertz CT molecular complexity index is 1460. The molecule has 1 aliphatic rings. The van der Waals surface area contributed by atoms with Crippen LogP contribution in [0.1, 0.15) is 36.8 Å². The summed E-state index contributed by atoms with van der Waals surface area (Å²) >= 11 is 9.78. The topological polar surface area (TPSA) is 58.6 Å². The number of ether oxygens (including phenoxy) is 1. The number of nitrogens with zero attached hydrogens (tertiary/aromatic N) is 1. The molecular weight excluding hydrogens is 588 g/mol. The van der Waals surface area contributed by atoms with Gasteiger partial charge < -0.3 is 15.0 Å². The predicted molar refractivity (Wildman–Crippen MR) is 163 cm³/mol. The lowest BCUT2D eigenvalue weighted by molar-refractivity contribution is -0.143. The summed E-state index contributed by atoms with van der Waals surface area (Å²) < 4.78 is 6.86. The molecule has 0 unspecified atom stereocenters. The van der Waals surface area contributed by atoms with Crippen molar-refractivity contribution in [3.05, 3.63) is 112 Å². The number of amides is 2. The Kier molecular flexibility index (Phi) is 9.40. The number of halogens is 2. The van der Waals surface area contributed by atoms with Crippen molar-refractivity contribution in [1.82, 2.24) is 10.2 Å². The highest BCUT2D eigenvalue weighted by Gasteiger charge is 2.32. The fraction of sp³-hybridized carbons (Fsp3) is 0.273. The van der Waals surface area contributed by atoms with Crippen LogP contribution in [0.15, 0.2) is 95.5 Å². The predicted octanol–water partition coefficient (Wildman–Crippen LogP) is 7.33. The van der Waals surface area contributed by atoms with Crippen molar-refractivity contribution in [2.75, 3.05) is 6.61 Å². The van der Waals surface area contributed by atoms with Crippen molar-refractivity contribution in [2.45, 2.75) is 50.7 Å². The van der Waals surface area contributed by atoms with Gasteiger partial charge in [-0.15, -0.1) is 0 Å². The summed E-state index contributed by atoms with van der Waals surface area (Å²) in [5, 5.41) is 5.92. The molecule has 7 heteroatoms. The third kappa shape index (κ3) is 7.04. The van der Waals surface area contributed by atoms with Gasteiger partial charge in [0.1, 0.15) is 11.8 Å². The zero-order valence-electron chi connectivity index (χ0n) is 22.2. The highest BCUT2D eigenvalue weighted by molar-refractivity contribution is 9.10. The molecule has 1 N–H and O–H groups in total. The summed E-state index contributed by atoms with van der Waals surface area (Å²) in [6.45, 7) is 0.0559. The Morgan fingerprint density at radius 1 is 0.900 bits per heavy atom. The number of carbonyl (C=O) groups excluding carboxylic acids is 2. The second-order valence-electron chi connectivity index (χ2n) is 10.2. The molecule has 0 spiro atoms. The quantitative estimate of drug-likeness (QED) is 0.202. The molecule has 5 rings (SSSR count). The number of nitrogens with one attached hydrogen (secondary N) is 1. The van der Waals surface area contributed by atoms with Crippen molar-refractivity contribution in [2.24, 2.45) is 0 Å². The van der Waals surface area contributed by atoms with Crippen LogP contribution in [-0.2, 0) is 22.6 Å². The Morgan fingerprint density at radius 3 is 2.35 bits per heavy atom. The number of hydrogen-bond donors (Lipinski definition) is 1. The van der Waals surface area contributed by atoms with Crippen LogP contribution in [-0.4, -0.2) is 35.4 Å². The zero-order valence-corrected chi connectivity index (χ0v) is 24.5. The van der Waals surface area contributed by atoms with Crippen LogP contribution >= 0.6 is 27.5 Å². The first-order chi connectivity index (χ1) is 19.5. The van der Waals surface area contributed by atoms with Gasteiger partial charge in [-0.25, -0.2) is 0 Å². The largest absolute Gasteiger partial charge is 0.483 e. The molecule has 1 aliphatic carbocycles.